The van der Waals surface area contributed by atoms with Crippen LogP contribution >= 0.6 is 0 Å². The zero-order valence-electron chi connectivity index (χ0n) is 13.1. The SMILES string of the molecule is CCC(CC)NC(=O)CN1CCN(C(C#N)CC)CC1. The Kier molecular flexibility index (Phi) is 7.56. The number of rotatable bonds is 7. The fraction of sp³-hybridized carbons (Fsp3) is 0.867. The van der Waals surface area contributed by atoms with Crippen molar-refractivity contribution in [2.45, 2.75) is 52.1 Å². The second-order valence-electron chi connectivity index (χ2n) is 5.45. The minimum Gasteiger partial charge on any atom is -0.352 e. The van der Waals surface area contributed by atoms with Crippen molar-refractivity contribution < 1.29 is 4.79 Å². The van der Waals surface area contributed by atoms with E-state index in [2.05, 4.69) is 35.0 Å². The maximum absolute atomic E-state index is 11.9. The largest absolute Gasteiger partial charge is 0.352 e. The van der Waals surface area contributed by atoms with Crippen molar-refractivity contribution in [2.75, 3.05) is 32.7 Å². The molecule has 1 fully saturated rings. The van der Waals surface area contributed by atoms with Crippen LogP contribution in [-0.4, -0.2) is 60.5 Å². The molecule has 1 aliphatic heterocycles. The average molecular weight is 280 g/mol. The smallest absolute Gasteiger partial charge is 0.234 e. The molecule has 0 bridgehead atoms. The molecular formula is C15H28N4O. The Bertz CT molecular complexity index is 327. The van der Waals surface area contributed by atoms with Gasteiger partial charge in [0, 0.05) is 32.2 Å². The van der Waals surface area contributed by atoms with Gasteiger partial charge in [0.1, 0.15) is 0 Å². The standard InChI is InChI=1S/C15H28N4O/c1-4-13(5-2)17-15(20)12-18-7-9-19(10-8-18)14(6-3)11-16/h13-14H,4-10,12H2,1-3H3,(H,17,20). The Morgan fingerprint density at radius 2 is 1.75 bits per heavy atom. The topological polar surface area (TPSA) is 59.4 Å². The van der Waals surface area contributed by atoms with Crippen LogP contribution in [0.2, 0.25) is 0 Å². The summed E-state index contributed by atoms with van der Waals surface area (Å²) in [6.07, 6.45) is 2.83. The summed E-state index contributed by atoms with van der Waals surface area (Å²) < 4.78 is 0. The molecule has 5 heteroatoms. The molecule has 0 aromatic rings. The van der Waals surface area contributed by atoms with Crippen molar-refractivity contribution in [3.05, 3.63) is 0 Å². The van der Waals surface area contributed by atoms with Crippen molar-refractivity contribution in [1.29, 1.82) is 5.26 Å². The minimum absolute atomic E-state index is 0.0236. The van der Waals surface area contributed by atoms with Crippen LogP contribution in [0.15, 0.2) is 0 Å². The molecular weight excluding hydrogens is 252 g/mol. The zero-order valence-corrected chi connectivity index (χ0v) is 13.1. The van der Waals surface area contributed by atoms with Gasteiger partial charge in [-0.15, -0.1) is 0 Å². The summed E-state index contributed by atoms with van der Waals surface area (Å²) in [7, 11) is 0. The van der Waals surface area contributed by atoms with E-state index in [0.717, 1.165) is 45.4 Å². The number of hydrogen-bond donors (Lipinski definition) is 1. The van der Waals surface area contributed by atoms with Gasteiger partial charge in [-0.3, -0.25) is 14.6 Å². The highest BCUT2D eigenvalue weighted by Gasteiger charge is 2.23. The normalized spacial score (nSPS) is 18.8. The molecule has 0 aliphatic carbocycles. The van der Waals surface area contributed by atoms with Crippen LogP contribution in [0.1, 0.15) is 40.0 Å². The molecule has 1 heterocycles. The van der Waals surface area contributed by atoms with E-state index in [1.807, 2.05) is 6.92 Å². The number of nitrogens with one attached hydrogen (secondary N) is 1. The molecule has 0 saturated carbocycles. The van der Waals surface area contributed by atoms with Gasteiger partial charge in [-0.25, -0.2) is 0 Å². The van der Waals surface area contributed by atoms with Gasteiger partial charge in [0.2, 0.25) is 5.91 Å². The molecule has 0 aromatic heterocycles. The monoisotopic (exact) mass is 280 g/mol. The maximum atomic E-state index is 11.9. The molecule has 1 rings (SSSR count). The molecule has 1 N–H and O–H groups in total. The predicted octanol–water partition coefficient (Wildman–Crippen LogP) is 1.21. The number of piperazine rings is 1. The maximum Gasteiger partial charge on any atom is 0.234 e. The van der Waals surface area contributed by atoms with E-state index in [1.54, 1.807) is 0 Å². The molecule has 1 amide bonds. The van der Waals surface area contributed by atoms with Gasteiger partial charge >= 0.3 is 0 Å². The third kappa shape index (κ3) is 5.10. The zero-order chi connectivity index (χ0) is 15.0. The first-order chi connectivity index (χ1) is 9.64. The van der Waals surface area contributed by atoms with E-state index in [4.69, 9.17) is 5.26 Å². The number of amides is 1. The lowest BCUT2D eigenvalue weighted by Crippen LogP contribution is -2.52. The van der Waals surface area contributed by atoms with Gasteiger partial charge in [0.25, 0.3) is 0 Å². The number of carbonyl (C=O) groups is 1. The first-order valence-electron chi connectivity index (χ1n) is 7.79. The van der Waals surface area contributed by atoms with Gasteiger partial charge in [-0.2, -0.15) is 5.26 Å². The van der Waals surface area contributed by atoms with Crippen molar-refractivity contribution in [2.24, 2.45) is 0 Å². The van der Waals surface area contributed by atoms with E-state index in [1.165, 1.54) is 0 Å². The highest BCUT2D eigenvalue weighted by molar-refractivity contribution is 5.78. The Hall–Kier alpha value is -1.12. The van der Waals surface area contributed by atoms with Crippen molar-refractivity contribution in [3.63, 3.8) is 0 Å². The van der Waals surface area contributed by atoms with E-state index in [-0.39, 0.29) is 11.9 Å². The van der Waals surface area contributed by atoms with E-state index >= 15 is 0 Å². The highest BCUT2D eigenvalue weighted by atomic mass is 16.2. The van der Waals surface area contributed by atoms with Gasteiger partial charge in [-0.05, 0) is 19.3 Å². The fourth-order valence-corrected chi connectivity index (χ4v) is 2.63. The fourth-order valence-electron chi connectivity index (χ4n) is 2.63. The first-order valence-corrected chi connectivity index (χ1v) is 7.79. The van der Waals surface area contributed by atoms with E-state index < -0.39 is 0 Å². The van der Waals surface area contributed by atoms with Crippen LogP contribution in [0.4, 0.5) is 0 Å². The quantitative estimate of drug-likeness (QED) is 0.761. The van der Waals surface area contributed by atoms with Crippen LogP contribution in [0.3, 0.4) is 0 Å². The Labute approximate surface area is 122 Å². The summed E-state index contributed by atoms with van der Waals surface area (Å²) >= 11 is 0. The lowest BCUT2D eigenvalue weighted by atomic mass is 10.1. The molecule has 114 valence electrons. The second-order valence-corrected chi connectivity index (χ2v) is 5.45. The van der Waals surface area contributed by atoms with Gasteiger partial charge < -0.3 is 5.32 Å². The summed E-state index contributed by atoms with van der Waals surface area (Å²) in [6, 6.07) is 2.67. The summed E-state index contributed by atoms with van der Waals surface area (Å²) in [5.41, 5.74) is 0. The lowest BCUT2D eigenvalue weighted by molar-refractivity contribution is -0.123. The Morgan fingerprint density at radius 3 is 2.20 bits per heavy atom. The van der Waals surface area contributed by atoms with Crippen LogP contribution in [0, 0.1) is 11.3 Å². The lowest BCUT2D eigenvalue weighted by Gasteiger charge is -2.36. The molecule has 1 aliphatic rings. The highest BCUT2D eigenvalue weighted by Crippen LogP contribution is 2.08. The Balaban J connectivity index is 2.32. The van der Waals surface area contributed by atoms with Crippen molar-refractivity contribution >= 4 is 5.91 Å². The van der Waals surface area contributed by atoms with Gasteiger partial charge in [0.05, 0.1) is 18.7 Å². The third-order valence-corrected chi connectivity index (χ3v) is 4.10. The number of carbonyl (C=O) groups excluding carboxylic acids is 1. The summed E-state index contributed by atoms with van der Waals surface area (Å²) in [5, 5.41) is 12.1. The van der Waals surface area contributed by atoms with Gasteiger partial charge in [0.15, 0.2) is 0 Å². The van der Waals surface area contributed by atoms with Crippen LogP contribution in [0.5, 0.6) is 0 Å². The third-order valence-electron chi connectivity index (χ3n) is 4.10. The Morgan fingerprint density at radius 1 is 1.15 bits per heavy atom. The average Bonchev–Trinajstić information content (AvgIpc) is 2.47. The van der Waals surface area contributed by atoms with Crippen LogP contribution in [0.25, 0.3) is 0 Å². The number of hydrogen-bond acceptors (Lipinski definition) is 4. The molecule has 1 atom stereocenters. The minimum atomic E-state index is 0.0236. The van der Waals surface area contributed by atoms with Crippen LogP contribution in [-0.2, 0) is 4.79 Å². The number of nitrogens with zero attached hydrogens (tertiary/aromatic N) is 3. The number of nitriles is 1. The van der Waals surface area contributed by atoms with Crippen molar-refractivity contribution in [1.82, 2.24) is 15.1 Å². The van der Waals surface area contributed by atoms with Crippen molar-refractivity contribution in [3.8, 4) is 6.07 Å². The molecule has 0 spiro atoms. The summed E-state index contributed by atoms with van der Waals surface area (Å²) in [6.45, 7) is 10.2. The van der Waals surface area contributed by atoms with Crippen LogP contribution < -0.4 is 5.32 Å². The molecule has 5 nitrogen and oxygen atoms in total. The van der Waals surface area contributed by atoms with Gasteiger partial charge in [-0.1, -0.05) is 20.8 Å². The van der Waals surface area contributed by atoms with E-state index in [0.29, 0.717) is 12.6 Å². The molecule has 20 heavy (non-hydrogen) atoms. The molecule has 0 radical (unpaired) electrons. The molecule has 1 saturated heterocycles. The predicted molar refractivity (Wildman–Crippen MR) is 80.2 cm³/mol. The second kappa shape index (κ2) is 8.93. The molecule has 0 aromatic carbocycles. The summed E-state index contributed by atoms with van der Waals surface area (Å²) in [4.78, 5) is 16.3. The first kappa shape index (κ1) is 16.9. The molecule has 1 unspecified atom stereocenters. The summed E-state index contributed by atoms with van der Waals surface area (Å²) in [5.74, 6) is 0.125. The van der Waals surface area contributed by atoms with E-state index in [9.17, 15) is 4.79 Å².